The summed E-state index contributed by atoms with van der Waals surface area (Å²) < 4.78 is 47.7. The molecular formula is C44H82O17P2. The number of carbonyl (C=O) groups is 3. The molecule has 63 heavy (non-hydrogen) atoms. The molecular weight excluding hydrogens is 862 g/mol. The van der Waals surface area contributed by atoms with Crippen molar-refractivity contribution in [1.29, 1.82) is 0 Å². The van der Waals surface area contributed by atoms with E-state index in [2.05, 4.69) is 29.8 Å². The molecule has 1 saturated carbocycles. The van der Waals surface area contributed by atoms with Crippen molar-refractivity contribution in [2.24, 2.45) is 17.8 Å². The predicted octanol–water partition coefficient (Wildman–Crippen LogP) is 7.54. The SMILES string of the molecule is CCCCC[C@H](O)/C=C/[C@@H]1[C@@H](CC(=O)CCCCC(=O)OC[C@H](COP(=O)(O)OC[C@@H](O)COP(=O)(O)O)OC(=O)CCCCCCCCCCCCCCC(C)C)[C@@H](O)C[C@H]1O. The van der Waals surface area contributed by atoms with Crippen LogP contribution in [0.2, 0.25) is 0 Å². The van der Waals surface area contributed by atoms with E-state index >= 15 is 0 Å². The highest BCUT2D eigenvalue weighted by atomic mass is 31.2. The average molecular weight is 945 g/mol. The van der Waals surface area contributed by atoms with Crippen molar-refractivity contribution in [3.63, 3.8) is 0 Å². The van der Waals surface area contributed by atoms with E-state index in [0.29, 0.717) is 19.3 Å². The van der Waals surface area contributed by atoms with Gasteiger partial charge in [-0.05, 0) is 31.6 Å². The summed E-state index contributed by atoms with van der Waals surface area (Å²) in [5.41, 5.74) is 0. The summed E-state index contributed by atoms with van der Waals surface area (Å²) >= 11 is 0. The highest BCUT2D eigenvalue weighted by Gasteiger charge is 2.41. The minimum atomic E-state index is -4.91. The fourth-order valence-corrected chi connectivity index (χ4v) is 8.57. The largest absolute Gasteiger partial charge is 0.472 e. The molecule has 0 saturated heterocycles. The van der Waals surface area contributed by atoms with Crippen molar-refractivity contribution < 1.29 is 81.7 Å². The maximum absolute atomic E-state index is 12.9. The monoisotopic (exact) mass is 945 g/mol. The summed E-state index contributed by atoms with van der Waals surface area (Å²) in [5.74, 6) is -1.65. The number of aliphatic hydroxyl groups excluding tert-OH is 4. The molecule has 0 aliphatic heterocycles. The highest BCUT2D eigenvalue weighted by Crippen LogP contribution is 2.44. The first-order valence-corrected chi connectivity index (χ1v) is 26.4. The number of rotatable bonds is 40. The lowest BCUT2D eigenvalue weighted by Crippen LogP contribution is -2.30. The molecule has 0 heterocycles. The summed E-state index contributed by atoms with van der Waals surface area (Å²) in [6.07, 6.45) is 17.0. The van der Waals surface area contributed by atoms with Crippen molar-refractivity contribution in [1.82, 2.24) is 0 Å². The van der Waals surface area contributed by atoms with Gasteiger partial charge in [-0.2, -0.15) is 0 Å². The Hall–Kier alpha value is -1.59. The zero-order valence-corrected chi connectivity index (χ0v) is 40.0. The lowest BCUT2D eigenvalue weighted by molar-refractivity contribution is -0.161. The van der Waals surface area contributed by atoms with Crippen LogP contribution in [-0.2, 0) is 46.6 Å². The quantitative estimate of drug-likeness (QED) is 0.0135. The highest BCUT2D eigenvalue weighted by molar-refractivity contribution is 7.47. The second-order valence-corrected chi connectivity index (χ2v) is 20.2. The Bertz CT molecular complexity index is 1360. The average Bonchev–Trinajstić information content (AvgIpc) is 3.47. The van der Waals surface area contributed by atoms with Crippen LogP contribution >= 0.6 is 15.6 Å². The van der Waals surface area contributed by atoms with Gasteiger partial charge in [0.05, 0.1) is 38.1 Å². The summed E-state index contributed by atoms with van der Waals surface area (Å²) in [5, 5.41) is 41.1. The van der Waals surface area contributed by atoms with Crippen LogP contribution in [0.4, 0.5) is 0 Å². The Kier molecular flexibility index (Phi) is 32.7. The van der Waals surface area contributed by atoms with E-state index in [0.717, 1.165) is 50.9 Å². The van der Waals surface area contributed by atoms with E-state index in [1.807, 2.05) is 0 Å². The van der Waals surface area contributed by atoms with Crippen molar-refractivity contribution in [2.45, 2.75) is 205 Å². The van der Waals surface area contributed by atoms with Crippen LogP contribution in [0.5, 0.6) is 0 Å². The van der Waals surface area contributed by atoms with Gasteiger partial charge < -0.3 is 44.6 Å². The van der Waals surface area contributed by atoms with Gasteiger partial charge in [0.1, 0.15) is 18.5 Å². The van der Waals surface area contributed by atoms with Crippen molar-refractivity contribution in [3.8, 4) is 0 Å². The van der Waals surface area contributed by atoms with Crippen LogP contribution < -0.4 is 0 Å². The summed E-state index contributed by atoms with van der Waals surface area (Å²) in [7, 11) is -9.80. The van der Waals surface area contributed by atoms with Crippen LogP contribution in [-0.4, -0.2) is 110 Å². The van der Waals surface area contributed by atoms with E-state index in [-0.39, 0.29) is 44.3 Å². The standard InChI is InChI=1S/C44H82O17P2/c1-4-5-16-22-35(45)26-27-39-40(42(49)29-41(39)48)28-36(46)23-19-20-24-43(50)57-32-38(33-60-63(55,56)59-31-37(47)30-58-62(52,53)54)61-44(51)25-18-15-13-11-9-7-6-8-10-12-14-17-21-34(2)3/h26-27,34-35,37-42,45,47-49H,4-25,28-33H2,1-3H3,(H,55,56)(H2,52,53,54)/b27-26+/t35-,37-,38+,39+,40+,41+,42-/m0/s1. The normalized spacial score (nSPS) is 20.5. The summed E-state index contributed by atoms with van der Waals surface area (Å²) in [6, 6.07) is 0. The Morgan fingerprint density at radius 2 is 1.17 bits per heavy atom. The first-order valence-electron chi connectivity index (χ1n) is 23.4. The molecule has 1 rings (SSSR count). The minimum Gasteiger partial charge on any atom is -0.462 e. The van der Waals surface area contributed by atoms with E-state index in [1.165, 1.54) is 51.4 Å². The van der Waals surface area contributed by atoms with E-state index in [4.69, 9.17) is 23.8 Å². The molecule has 0 aromatic heterocycles. The first kappa shape index (κ1) is 59.4. The molecule has 0 aromatic rings. The van der Waals surface area contributed by atoms with E-state index < -0.39 is 96.4 Å². The Balaban J connectivity index is 2.56. The molecule has 0 radical (unpaired) electrons. The molecule has 0 spiro atoms. The van der Waals surface area contributed by atoms with E-state index in [1.54, 1.807) is 12.2 Å². The Morgan fingerprint density at radius 1 is 0.651 bits per heavy atom. The van der Waals surface area contributed by atoms with Gasteiger partial charge in [-0.1, -0.05) is 129 Å². The number of ketones is 1. The zero-order valence-electron chi connectivity index (χ0n) is 38.2. The van der Waals surface area contributed by atoms with Gasteiger partial charge in [0.2, 0.25) is 0 Å². The van der Waals surface area contributed by atoms with Crippen LogP contribution in [0.3, 0.4) is 0 Å². The zero-order chi connectivity index (χ0) is 47.1. The van der Waals surface area contributed by atoms with Gasteiger partial charge in [-0.15, -0.1) is 0 Å². The maximum Gasteiger partial charge on any atom is 0.472 e. The van der Waals surface area contributed by atoms with Gasteiger partial charge in [-0.3, -0.25) is 28.0 Å². The van der Waals surface area contributed by atoms with E-state index in [9.17, 15) is 48.8 Å². The molecule has 1 aliphatic carbocycles. The van der Waals surface area contributed by atoms with Crippen molar-refractivity contribution in [3.05, 3.63) is 12.2 Å². The molecule has 19 heteroatoms. The number of phosphoric ester groups is 2. The van der Waals surface area contributed by atoms with Crippen LogP contribution in [0, 0.1) is 17.8 Å². The molecule has 8 atom stereocenters. The lowest BCUT2D eigenvalue weighted by atomic mass is 9.87. The molecule has 0 aromatic carbocycles. The van der Waals surface area contributed by atoms with Gasteiger partial charge >= 0.3 is 27.6 Å². The third-order valence-corrected chi connectivity index (χ3v) is 12.5. The number of aliphatic hydroxyl groups is 4. The van der Waals surface area contributed by atoms with Gasteiger partial charge in [0.15, 0.2) is 6.10 Å². The third kappa shape index (κ3) is 32.7. The summed E-state index contributed by atoms with van der Waals surface area (Å²) in [4.78, 5) is 65.8. The van der Waals surface area contributed by atoms with Gasteiger partial charge in [0.25, 0.3) is 0 Å². The lowest BCUT2D eigenvalue weighted by Gasteiger charge is -2.21. The topological polar surface area (TPSA) is 273 Å². The first-order chi connectivity index (χ1) is 29.8. The van der Waals surface area contributed by atoms with Crippen LogP contribution in [0.1, 0.15) is 175 Å². The second-order valence-electron chi connectivity index (χ2n) is 17.5. The molecule has 7 N–H and O–H groups in total. The Morgan fingerprint density at radius 3 is 1.78 bits per heavy atom. The fraction of sp³-hybridized carbons (Fsp3) is 0.886. The summed E-state index contributed by atoms with van der Waals surface area (Å²) in [6.45, 7) is 3.54. The number of esters is 2. The third-order valence-electron chi connectivity index (χ3n) is 11.1. The molecule has 0 bridgehead atoms. The number of carbonyl (C=O) groups excluding carboxylic acids is 3. The number of phosphoric acid groups is 2. The number of unbranched alkanes of at least 4 members (excludes halogenated alkanes) is 14. The van der Waals surface area contributed by atoms with Crippen LogP contribution in [0.15, 0.2) is 12.2 Å². The smallest absolute Gasteiger partial charge is 0.462 e. The molecule has 0 amide bonds. The number of ether oxygens (including phenoxy) is 2. The predicted molar refractivity (Wildman–Crippen MR) is 237 cm³/mol. The van der Waals surface area contributed by atoms with Crippen molar-refractivity contribution >= 4 is 33.4 Å². The second kappa shape index (κ2) is 34.7. The van der Waals surface area contributed by atoms with Gasteiger partial charge in [-0.25, -0.2) is 9.13 Å². The molecule has 1 unspecified atom stereocenters. The van der Waals surface area contributed by atoms with Gasteiger partial charge in [0, 0.05) is 43.9 Å². The molecule has 1 fully saturated rings. The number of Topliss-reactive ketones (excluding diaryl/α,β-unsaturated/α-hetero) is 1. The number of hydrogen-bond donors (Lipinski definition) is 7. The maximum atomic E-state index is 12.9. The minimum absolute atomic E-state index is 0.0359. The molecule has 17 nitrogen and oxygen atoms in total. The van der Waals surface area contributed by atoms with Crippen LogP contribution in [0.25, 0.3) is 0 Å². The molecule has 370 valence electrons. The molecule has 1 aliphatic rings. The Labute approximate surface area is 375 Å². The van der Waals surface area contributed by atoms with Crippen molar-refractivity contribution in [2.75, 3.05) is 26.4 Å². The fourth-order valence-electron chi connectivity index (χ4n) is 7.41. The number of hydrogen-bond acceptors (Lipinski definition) is 14.